The van der Waals surface area contributed by atoms with Gasteiger partial charge in [-0.2, -0.15) is 0 Å². The first-order chi connectivity index (χ1) is 18.5. The number of piperazine rings is 1. The predicted molar refractivity (Wildman–Crippen MR) is 157 cm³/mol. The van der Waals surface area contributed by atoms with Gasteiger partial charge in [-0.15, -0.1) is 0 Å². The molecule has 212 valence electrons. The fourth-order valence-corrected chi connectivity index (χ4v) is 5.55. The number of nitrogens with zero attached hydrogens (tertiary/aromatic N) is 4. The lowest BCUT2D eigenvalue weighted by Crippen LogP contribution is -2.55. The van der Waals surface area contributed by atoms with Crippen LogP contribution in [-0.4, -0.2) is 91.2 Å². The standard InChI is InChI=1S/C24H37N5O3.C6H7N/c1-24(2,3)32-23(31)29-15-13-27(14-16-29)17-7-11-28(12-8-17)20-6-5-19(25)21-18(20)9-10-26(4)22(21)30;7-6-4-2-1-3-5-6/h5-6,17H,7-16,25H2,1-4H3;1-5H,7H2. The largest absolute Gasteiger partial charge is 0.444 e. The fourth-order valence-electron chi connectivity index (χ4n) is 5.55. The molecule has 0 aromatic heterocycles. The number of nitrogen functional groups attached to an aromatic ring is 2. The number of carbonyl (C=O) groups excluding carboxylic acids is 2. The van der Waals surface area contributed by atoms with Crippen molar-refractivity contribution in [3.8, 4) is 0 Å². The van der Waals surface area contributed by atoms with Crippen LogP contribution in [0.5, 0.6) is 0 Å². The average Bonchev–Trinajstić information content (AvgIpc) is 2.91. The van der Waals surface area contributed by atoms with Gasteiger partial charge in [-0.05, 0) is 69.9 Å². The maximum absolute atomic E-state index is 12.7. The van der Waals surface area contributed by atoms with E-state index in [2.05, 4.69) is 15.9 Å². The van der Waals surface area contributed by atoms with Gasteiger partial charge in [0, 0.05) is 76.0 Å². The molecule has 0 saturated carbocycles. The van der Waals surface area contributed by atoms with Crippen molar-refractivity contribution in [2.24, 2.45) is 0 Å². The van der Waals surface area contributed by atoms with E-state index in [-0.39, 0.29) is 12.0 Å². The van der Waals surface area contributed by atoms with Gasteiger partial charge in [-0.1, -0.05) is 18.2 Å². The van der Waals surface area contributed by atoms with Gasteiger partial charge in [0.2, 0.25) is 0 Å². The van der Waals surface area contributed by atoms with Gasteiger partial charge < -0.3 is 30.9 Å². The highest BCUT2D eigenvalue weighted by Crippen LogP contribution is 2.34. The zero-order chi connectivity index (χ0) is 28.2. The summed E-state index contributed by atoms with van der Waals surface area (Å²) in [5, 5.41) is 0. The number of rotatable bonds is 2. The van der Waals surface area contributed by atoms with E-state index in [1.807, 2.05) is 69.1 Å². The van der Waals surface area contributed by atoms with Crippen molar-refractivity contribution >= 4 is 29.1 Å². The SMILES string of the molecule is CN1CCc2c(N3CCC(N4CCN(C(=O)OC(C)(C)C)CC4)CC3)ccc(N)c2C1=O.Nc1ccccc1. The number of amides is 2. The lowest BCUT2D eigenvalue weighted by atomic mass is 9.93. The topological polar surface area (TPSA) is 108 Å². The maximum Gasteiger partial charge on any atom is 0.410 e. The highest BCUT2D eigenvalue weighted by Gasteiger charge is 2.33. The first kappa shape index (κ1) is 28.5. The zero-order valence-corrected chi connectivity index (χ0v) is 23.9. The molecule has 2 amide bonds. The first-order valence-electron chi connectivity index (χ1n) is 14.0. The van der Waals surface area contributed by atoms with Crippen molar-refractivity contribution in [2.45, 2.75) is 51.7 Å². The number of fused-ring (bicyclic) bond motifs is 1. The number of anilines is 3. The van der Waals surface area contributed by atoms with Crippen molar-refractivity contribution in [1.82, 2.24) is 14.7 Å². The Bertz CT molecular complexity index is 1130. The summed E-state index contributed by atoms with van der Waals surface area (Å²) in [6.07, 6.45) is 2.81. The van der Waals surface area contributed by atoms with Gasteiger partial charge in [0.1, 0.15) is 5.60 Å². The van der Waals surface area contributed by atoms with Crippen LogP contribution in [0.2, 0.25) is 0 Å². The molecular formula is C30H44N6O3. The molecule has 0 aliphatic carbocycles. The zero-order valence-electron chi connectivity index (χ0n) is 23.9. The third-order valence-electron chi connectivity index (χ3n) is 7.67. The molecule has 5 rings (SSSR count). The molecule has 9 nitrogen and oxygen atoms in total. The molecule has 0 bridgehead atoms. The molecule has 2 fully saturated rings. The van der Waals surface area contributed by atoms with E-state index in [0.29, 0.717) is 17.3 Å². The Kier molecular flexibility index (Phi) is 8.90. The van der Waals surface area contributed by atoms with Gasteiger partial charge in [-0.3, -0.25) is 9.69 Å². The number of hydrogen-bond donors (Lipinski definition) is 2. The van der Waals surface area contributed by atoms with E-state index in [9.17, 15) is 9.59 Å². The summed E-state index contributed by atoms with van der Waals surface area (Å²) < 4.78 is 5.51. The Balaban J connectivity index is 0.000000438. The minimum absolute atomic E-state index is 0.0309. The highest BCUT2D eigenvalue weighted by molar-refractivity contribution is 6.03. The molecule has 3 aliphatic heterocycles. The molecule has 2 aromatic carbocycles. The number of benzene rings is 2. The monoisotopic (exact) mass is 536 g/mol. The third kappa shape index (κ3) is 7.15. The number of para-hydroxylation sites is 1. The van der Waals surface area contributed by atoms with Gasteiger partial charge in [0.25, 0.3) is 5.91 Å². The molecule has 3 aliphatic rings. The van der Waals surface area contributed by atoms with Crippen LogP contribution < -0.4 is 16.4 Å². The molecular weight excluding hydrogens is 492 g/mol. The van der Waals surface area contributed by atoms with Gasteiger partial charge in [0.05, 0.1) is 5.56 Å². The quantitative estimate of drug-likeness (QED) is 0.564. The van der Waals surface area contributed by atoms with E-state index in [4.69, 9.17) is 16.2 Å². The molecule has 3 heterocycles. The molecule has 0 radical (unpaired) electrons. The van der Waals surface area contributed by atoms with E-state index in [0.717, 1.165) is 76.3 Å². The molecule has 0 atom stereocenters. The number of carbonyl (C=O) groups is 2. The van der Waals surface area contributed by atoms with E-state index >= 15 is 0 Å². The maximum atomic E-state index is 12.7. The second-order valence-electron chi connectivity index (χ2n) is 11.6. The molecule has 4 N–H and O–H groups in total. The Hall–Kier alpha value is -3.46. The Morgan fingerprint density at radius 1 is 0.897 bits per heavy atom. The van der Waals surface area contributed by atoms with Crippen molar-refractivity contribution in [3.63, 3.8) is 0 Å². The fraction of sp³-hybridized carbons (Fsp3) is 0.533. The van der Waals surface area contributed by atoms with Crippen molar-refractivity contribution < 1.29 is 14.3 Å². The van der Waals surface area contributed by atoms with Crippen LogP contribution in [0, 0.1) is 0 Å². The summed E-state index contributed by atoms with van der Waals surface area (Å²) in [5.41, 5.74) is 15.4. The van der Waals surface area contributed by atoms with Crippen LogP contribution in [0.25, 0.3) is 0 Å². The van der Waals surface area contributed by atoms with Crippen LogP contribution in [0.3, 0.4) is 0 Å². The highest BCUT2D eigenvalue weighted by atomic mass is 16.6. The number of nitrogens with two attached hydrogens (primary N) is 2. The van der Waals surface area contributed by atoms with Crippen molar-refractivity contribution in [1.29, 1.82) is 0 Å². The summed E-state index contributed by atoms with van der Waals surface area (Å²) in [4.78, 5) is 33.5. The molecule has 9 heteroatoms. The molecule has 39 heavy (non-hydrogen) atoms. The summed E-state index contributed by atoms with van der Waals surface area (Å²) >= 11 is 0. The van der Waals surface area contributed by atoms with Gasteiger partial charge >= 0.3 is 6.09 Å². The van der Waals surface area contributed by atoms with E-state index in [1.165, 1.54) is 5.69 Å². The lowest BCUT2D eigenvalue weighted by molar-refractivity contribution is 0.00901. The number of ether oxygens (including phenoxy) is 1. The summed E-state index contributed by atoms with van der Waals surface area (Å²) in [6, 6.07) is 14.0. The first-order valence-corrected chi connectivity index (χ1v) is 14.0. The second-order valence-corrected chi connectivity index (χ2v) is 11.6. The van der Waals surface area contributed by atoms with Crippen LogP contribution in [0.15, 0.2) is 42.5 Å². The average molecular weight is 537 g/mol. The van der Waals surface area contributed by atoms with Crippen LogP contribution in [0.4, 0.5) is 21.9 Å². The lowest BCUT2D eigenvalue weighted by Gasteiger charge is -2.44. The molecule has 0 unspecified atom stereocenters. The smallest absolute Gasteiger partial charge is 0.410 e. The Morgan fingerprint density at radius 3 is 2.10 bits per heavy atom. The normalized spacial score (nSPS) is 18.8. The van der Waals surface area contributed by atoms with Gasteiger partial charge in [-0.25, -0.2) is 4.79 Å². The summed E-state index contributed by atoms with van der Waals surface area (Å²) in [5.74, 6) is 0.0309. The summed E-state index contributed by atoms with van der Waals surface area (Å²) in [6.45, 7) is 11.6. The number of likely N-dealkylation sites (N-methyl/N-ethyl adjacent to an activating group) is 1. The van der Waals surface area contributed by atoms with Crippen molar-refractivity contribution in [2.75, 3.05) is 69.2 Å². The van der Waals surface area contributed by atoms with Crippen LogP contribution in [0.1, 0.15) is 49.5 Å². The molecule has 2 saturated heterocycles. The summed E-state index contributed by atoms with van der Waals surface area (Å²) in [7, 11) is 1.84. The second kappa shape index (κ2) is 12.2. The molecule has 0 spiro atoms. The Labute approximate surface area is 232 Å². The molecule has 2 aromatic rings. The van der Waals surface area contributed by atoms with Crippen LogP contribution >= 0.6 is 0 Å². The van der Waals surface area contributed by atoms with E-state index < -0.39 is 5.60 Å². The third-order valence-corrected chi connectivity index (χ3v) is 7.67. The van der Waals surface area contributed by atoms with E-state index in [1.54, 1.807) is 4.90 Å². The number of hydrogen-bond acceptors (Lipinski definition) is 7. The number of piperidine rings is 1. The van der Waals surface area contributed by atoms with Crippen LogP contribution in [-0.2, 0) is 11.2 Å². The minimum Gasteiger partial charge on any atom is -0.444 e. The Morgan fingerprint density at radius 2 is 1.54 bits per heavy atom. The van der Waals surface area contributed by atoms with Crippen molar-refractivity contribution in [3.05, 3.63) is 53.6 Å². The minimum atomic E-state index is -0.456. The van der Waals surface area contributed by atoms with Gasteiger partial charge in [0.15, 0.2) is 0 Å². The predicted octanol–water partition coefficient (Wildman–Crippen LogP) is 3.69.